The lowest BCUT2D eigenvalue weighted by Crippen LogP contribution is -2.39. The molecule has 3 aromatic rings. The molecule has 2 heterocycles. The van der Waals surface area contributed by atoms with Gasteiger partial charge in [-0.3, -0.25) is 9.36 Å². The molecule has 0 N–H and O–H groups in total. The van der Waals surface area contributed by atoms with Crippen LogP contribution in [0.4, 0.5) is 0 Å². The predicted octanol–water partition coefficient (Wildman–Crippen LogP) is 3.72. The van der Waals surface area contributed by atoms with Gasteiger partial charge >= 0.3 is 5.97 Å². The quantitative estimate of drug-likeness (QED) is 0.493. The second-order valence-electron chi connectivity index (χ2n) is 9.56. The molecule has 0 spiro atoms. The van der Waals surface area contributed by atoms with E-state index in [4.69, 9.17) is 14.2 Å². The third-order valence-corrected chi connectivity index (χ3v) is 7.21. The molecule has 0 unspecified atom stereocenters. The van der Waals surface area contributed by atoms with Gasteiger partial charge in [-0.25, -0.2) is 9.79 Å². The molecule has 36 heavy (non-hydrogen) atoms. The molecule has 1 atom stereocenters. The fourth-order valence-electron chi connectivity index (χ4n) is 4.26. The van der Waals surface area contributed by atoms with Crippen molar-refractivity contribution in [3.8, 4) is 11.5 Å². The first-order chi connectivity index (χ1) is 17.1. The van der Waals surface area contributed by atoms with Crippen molar-refractivity contribution in [2.75, 3.05) is 21.3 Å². The summed E-state index contributed by atoms with van der Waals surface area (Å²) in [6.07, 6.45) is 1.86. The third kappa shape index (κ3) is 4.60. The second-order valence-corrected chi connectivity index (χ2v) is 10.6. The van der Waals surface area contributed by atoms with E-state index in [1.54, 1.807) is 37.8 Å². The van der Waals surface area contributed by atoms with Crippen molar-refractivity contribution in [2.45, 2.75) is 39.2 Å². The first-order valence-electron chi connectivity index (χ1n) is 11.5. The molecule has 0 saturated heterocycles. The van der Waals surface area contributed by atoms with E-state index in [0.717, 1.165) is 5.56 Å². The Bertz CT molecular complexity index is 1520. The summed E-state index contributed by atoms with van der Waals surface area (Å²) in [6, 6.07) is 12.8. The van der Waals surface area contributed by atoms with Crippen molar-refractivity contribution in [2.24, 2.45) is 4.99 Å². The number of rotatable bonds is 5. The van der Waals surface area contributed by atoms with Gasteiger partial charge in [-0.05, 0) is 47.2 Å². The Morgan fingerprint density at radius 1 is 1.03 bits per heavy atom. The number of aromatic nitrogens is 1. The number of carbonyl (C=O) groups is 1. The summed E-state index contributed by atoms with van der Waals surface area (Å²) in [4.78, 5) is 31.7. The Morgan fingerprint density at radius 3 is 2.28 bits per heavy atom. The number of nitrogens with zero attached hydrogens (tertiary/aromatic N) is 2. The number of allylic oxidation sites excluding steroid dienone is 1. The topological polar surface area (TPSA) is 79.1 Å². The molecule has 1 aliphatic heterocycles. The number of fused-ring (bicyclic) bond motifs is 1. The molecule has 4 rings (SSSR count). The fraction of sp³-hybridized carbons (Fsp3) is 0.321. The van der Waals surface area contributed by atoms with Gasteiger partial charge in [0.1, 0.15) is 0 Å². The number of benzene rings is 2. The van der Waals surface area contributed by atoms with Gasteiger partial charge in [0, 0.05) is 0 Å². The van der Waals surface area contributed by atoms with Crippen LogP contribution >= 0.6 is 11.3 Å². The number of methoxy groups -OCH3 is 3. The maximum Gasteiger partial charge on any atom is 0.338 e. The van der Waals surface area contributed by atoms with E-state index >= 15 is 0 Å². The molecule has 1 aromatic heterocycles. The van der Waals surface area contributed by atoms with Crippen molar-refractivity contribution in [3.05, 3.63) is 90.1 Å². The standard InChI is InChI=1S/C28H30N2O5S/c1-16-23(26(32)35-7)24(18-10-13-20(33-5)21(15-18)34-6)30-25(31)22(36-27(30)29-16)14-17-8-11-19(12-9-17)28(2,3)4/h8-15,24H,1-7H3/b22-14+/t24-/m1/s1. The van der Waals surface area contributed by atoms with Crippen LogP contribution in [0.5, 0.6) is 11.5 Å². The minimum absolute atomic E-state index is 0.0408. The lowest BCUT2D eigenvalue weighted by atomic mass is 9.87. The highest BCUT2D eigenvalue weighted by atomic mass is 32.1. The number of carbonyl (C=O) groups excluding carboxylic acids is 1. The highest BCUT2D eigenvalue weighted by molar-refractivity contribution is 7.07. The molecule has 8 heteroatoms. The number of hydrogen-bond donors (Lipinski definition) is 0. The van der Waals surface area contributed by atoms with Gasteiger partial charge in [0.15, 0.2) is 16.3 Å². The molecule has 0 saturated carbocycles. The summed E-state index contributed by atoms with van der Waals surface area (Å²) in [6.45, 7) is 8.24. The molecule has 0 bridgehead atoms. The van der Waals surface area contributed by atoms with Crippen LogP contribution in [-0.4, -0.2) is 31.9 Å². The van der Waals surface area contributed by atoms with Crippen LogP contribution < -0.4 is 24.4 Å². The SMILES string of the molecule is COC(=O)C1=C(C)N=c2s/c(=C/c3ccc(C(C)(C)C)cc3)c(=O)n2[C@@H]1c1ccc(OC)c(OC)c1. The summed E-state index contributed by atoms with van der Waals surface area (Å²) in [7, 11) is 4.42. The number of thiazole rings is 1. The Morgan fingerprint density at radius 2 is 1.69 bits per heavy atom. The third-order valence-electron chi connectivity index (χ3n) is 6.22. The van der Waals surface area contributed by atoms with E-state index in [9.17, 15) is 9.59 Å². The van der Waals surface area contributed by atoms with Crippen LogP contribution in [0.1, 0.15) is 50.4 Å². The van der Waals surface area contributed by atoms with Gasteiger partial charge in [0.05, 0.1) is 43.2 Å². The van der Waals surface area contributed by atoms with Crippen LogP contribution in [0.2, 0.25) is 0 Å². The monoisotopic (exact) mass is 506 g/mol. The predicted molar refractivity (Wildman–Crippen MR) is 140 cm³/mol. The summed E-state index contributed by atoms with van der Waals surface area (Å²) in [5, 5.41) is 0. The first kappa shape index (κ1) is 25.4. The lowest BCUT2D eigenvalue weighted by molar-refractivity contribution is -0.136. The molecule has 1 aliphatic rings. The van der Waals surface area contributed by atoms with Gasteiger partial charge in [-0.2, -0.15) is 0 Å². The zero-order valence-electron chi connectivity index (χ0n) is 21.5. The van der Waals surface area contributed by atoms with E-state index in [1.165, 1.54) is 24.0 Å². The average molecular weight is 507 g/mol. The van der Waals surface area contributed by atoms with Crippen molar-refractivity contribution in [1.29, 1.82) is 0 Å². The molecular formula is C28H30N2O5S. The smallest absolute Gasteiger partial charge is 0.338 e. The van der Waals surface area contributed by atoms with Crippen LogP contribution in [-0.2, 0) is 14.9 Å². The lowest BCUT2D eigenvalue weighted by Gasteiger charge is -2.25. The summed E-state index contributed by atoms with van der Waals surface area (Å²) in [5.74, 6) is 0.505. The Hall–Kier alpha value is -3.65. The van der Waals surface area contributed by atoms with Crippen LogP contribution in [0, 0.1) is 0 Å². The van der Waals surface area contributed by atoms with E-state index in [1.807, 2.05) is 24.3 Å². The zero-order valence-corrected chi connectivity index (χ0v) is 22.4. The molecule has 188 valence electrons. The van der Waals surface area contributed by atoms with Crippen molar-refractivity contribution < 1.29 is 19.0 Å². The normalized spacial score (nSPS) is 15.9. The van der Waals surface area contributed by atoms with Gasteiger partial charge in [0.2, 0.25) is 0 Å². The molecule has 2 aromatic carbocycles. The van der Waals surface area contributed by atoms with E-state index < -0.39 is 12.0 Å². The largest absolute Gasteiger partial charge is 0.493 e. The van der Waals surface area contributed by atoms with Crippen molar-refractivity contribution in [1.82, 2.24) is 4.57 Å². The number of esters is 1. The Balaban J connectivity index is 1.92. The van der Waals surface area contributed by atoms with Gasteiger partial charge in [0.25, 0.3) is 5.56 Å². The highest BCUT2D eigenvalue weighted by Gasteiger charge is 2.33. The Kier molecular flexibility index (Phi) is 6.91. The maximum absolute atomic E-state index is 13.7. The van der Waals surface area contributed by atoms with Gasteiger partial charge in [-0.1, -0.05) is 62.4 Å². The van der Waals surface area contributed by atoms with Gasteiger partial charge < -0.3 is 14.2 Å². The minimum Gasteiger partial charge on any atom is -0.493 e. The summed E-state index contributed by atoms with van der Waals surface area (Å²) >= 11 is 1.29. The van der Waals surface area contributed by atoms with E-state index in [2.05, 4.69) is 37.9 Å². The minimum atomic E-state index is -0.723. The number of hydrogen-bond acceptors (Lipinski definition) is 7. The van der Waals surface area contributed by atoms with Crippen molar-refractivity contribution in [3.63, 3.8) is 0 Å². The summed E-state index contributed by atoms with van der Waals surface area (Å²) < 4.78 is 18.0. The molecular weight excluding hydrogens is 476 g/mol. The zero-order chi connectivity index (χ0) is 26.2. The number of ether oxygens (including phenoxy) is 3. The molecule has 7 nitrogen and oxygen atoms in total. The molecule has 0 amide bonds. The summed E-state index contributed by atoms with van der Waals surface area (Å²) in [5.41, 5.74) is 3.44. The second kappa shape index (κ2) is 9.78. The van der Waals surface area contributed by atoms with Crippen LogP contribution in [0.3, 0.4) is 0 Å². The maximum atomic E-state index is 13.7. The highest BCUT2D eigenvalue weighted by Crippen LogP contribution is 2.36. The molecule has 0 radical (unpaired) electrons. The van der Waals surface area contributed by atoms with E-state index in [0.29, 0.717) is 37.7 Å². The average Bonchev–Trinajstić information content (AvgIpc) is 3.16. The molecule has 0 fully saturated rings. The van der Waals surface area contributed by atoms with Crippen LogP contribution in [0.25, 0.3) is 6.08 Å². The molecule has 0 aliphatic carbocycles. The Labute approximate surface area is 214 Å². The van der Waals surface area contributed by atoms with Crippen molar-refractivity contribution >= 4 is 23.4 Å². The first-order valence-corrected chi connectivity index (χ1v) is 12.3. The fourth-order valence-corrected chi connectivity index (χ4v) is 5.31. The van der Waals surface area contributed by atoms with Crippen LogP contribution in [0.15, 0.2) is 63.5 Å². The van der Waals surface area contributed by atoms with E-state index in [-0.39, 0.29) is 11.0 Å². The van der Waals surface area contributed by atoms with Gasteiger partial charge in [-0.15, -0.1) is 0 Å².